The van der Waals surface area contributed by atoms with Crippen LogP contribution < -0.4 is 5.73 Å². The Bertz CT molecular complexity index is 793. The maximum atomic E-state index is 13.4. The van der Waals surface area contributed by atoms with Crippen molar-refractivity contribution in [3.8, 4) is 0 Å². The zero-order chi connectivity index (χ0) is 19.8. The Kier molecular flexibility index (Phi) is 5.38. The van der Waals surface area contributed by atoms with E-state index in [-0.39, 0.29) is 17.4 Å². The predicted molar refractivity (Wildman–Crippen MR) is 111 cm³/mol. The van der Waals surface area contributed by atoms with Crippen molar-refractivity contribution in [1.29, 1.82) is 0 Å². The van der Waals surface area contributed by atoms with Crippen LogP contribution in [0.2, 0.25) is 0 Å². The fourth-order valence-electron chi connectivity index (χ4n) is 4.21. The van der Waals surface area contributed by atoms with Crippen LogP contribution in [0.15, 0.2) is 40.9 Å². The Balaban J connectivity index is 1.59. The molecule has 3 aliphatic rings. The van der Waals surface area contributed by atoms with E-state index < -0.39 is 5.91 Å². The van der Waals surface area contributed by atoms with Gasteiger partial charge in [0.1, 0.15) is 0 Å². The SMILES string of the molecule is CC1=C(C(N)=O)SC(N2CCCC(N(C)C3CC3)C2=O)N1Cc1ccccc1. The predicted octanol–water partition coefficient (Wildman–Crippen LogP) is 2.32. The lowest BCUT2D eigenvalue weighted by Crippen LogP contribution is -2.57. The van der Waals surface area contributed by atoms with Gasteiger partial charge in [-0.15, -0.1) is 0 Å². The summed E-state index contributed by atoms with van der Waals surface area (Å²) < 4.78 is 0. The summed E-state index contributed by atoms with van der Waals surface area (Å²) in [6.45, 7) is 3.29. The fourth-order valence-corrected chi connectivity index (χ4v) is 5.52. The van der Waals surface area contributed by atoms with Crippen molar-refractivity contribution in [1.82, 2.24) is 14.7 Å². The first kappa shape index (κ1) is 19.3. The Hall–Kier alpha value is -1.99. The standard InChI is InChI=1S/C21H28N4O2S/c1-14-18(19(22)26)28-21(25(14)13-15-7-4-3-5-8-15)24-12-6-9-17(20(24)27)23(2)16-10-11-16/h3-5,7-8,16-17,21H,6,9-13H2,1-2H3,(H2,22,26). The van der Waals surface area contributed by atoms with E-state index in [1.54, 1.807) is 0 Å². The van der Waals surface area contributed by atoms with Crippen molar-refractivity contribution >= 4 is 23.6 Å². The van der Waals surface area contributed by atoms with Gasteiger partial charge in [0, 0.05) is 24.8 Å². The Morgan fingerprint density at radius 3 is 2.61 bits per heavy atom. The lowest BCUT2D eigenvalue weighted by molar-refractivity contribution is -0.143. The van der Waals surface area contributed by atoms with E-state index in [2.05, 4.69) is 29.0 Å². The van der Waals surface area contributed by atoms with Crippen LogP contribution in [0.5, 0.6) is 0 Å². The van der Waals surface area contributed by atoms with Gasteiger partial charge in [-0.05, 0) is 45.2 Å². The summed E-state index contributed by atoms with van der Waals surface area (Å²) >= 11 is 1.42. The third-order valence-electron chi connectivity index (χ3n) is 5.99. The molecule has 0 bridgehead atoms. The average Bonchev–Trinajstić information content (AvgIpc) is 3.48. The third-order valence-corrected chi connectivity index (χ3v) is 7.45. The molecular weight excluding hydrogens is 372 g/mol. The molecule has 150 valence electrons. The van der Waals surface area contributed by atoms with E-state index in [0.717, 1.165) is 30.6 Å². The number of carbonyl (C=O) groups is 2. The molecule has 2 amide bonds. The smallest absolute Gasteiger partial charge is 0.257 e. The topological polar surface area (TPSA) is 69.9 Å². The lowest BCUT2D eigenvalue weighted by Gasteiger charge is -2.43. The van der Waals surface area contributed by atoms with Crippen molar-refractivity contribution in [3.05, 3.63) is 46.5 Å². The van der Waals surface area contributed by atoms with Crippen molar-refractivity contribution in [2.24, 2.45) is 5.73 Å². The van der Waals surface area contributed by atoms with Crippen molar-refractivity contribution in [2.45, 2.75) is 56.7 Å². The van der Waals surface area contributed by atoms with Gasteiger partial charge in [0.05, 0.1) is 10.9 Å². The first-order chi connectivity index (χ1) is 13.5. The largest absolute Gasteiger partial charge is 0.365 e. The third kappa shape index (κ3) is 3.65. The molecule has 2 heterocycles. The molecule has 2 fully saturated rings. The monoisotopic (exact) mass is 400 g/mol. The molecule has 4 rings (SSSR count). The van der Waals surface area contributed by atoms with E-state index in [4.69, 9.17) is 5.73 Å². The van der Waals surface area contributed by atoms with Gasteiger partial charge in [0.15, 0.2) is 5.50 Å². The van der Waals surface area contributed by atoms with E-state index in [0.29, 0.717) is 17.5 Å². The highest BCUT2D eigenvalue weighted by atomic mass is 32.2. The molecule has 0 aromatic heterocycles. The molecule has 1 saturated heterocycles. The Morgan fingerprint density at radius 2 is 1.96 bits per heavy atom. The number of nitrogens with zero attached hydrogens (tertiary/aromatic N) is 3. The molecule has 1 aromatic rings. The van der Waals surface area contributed by atoms with E-state index in [1.165, 1.54) is 24.6 Å². The minimum absolute atomic E-state index is 0.0571. The van der Waals surface area contributed by atoms with Gasteiger partial charge < -0.3 is 15.5 Å². The second-order valence-electron chi connectivity index (χ2n) is 7.92. The van der Waals surface area contributed by atoms with Crippen LogP contribution in [-0.4, -0.2) is 57.7 Å². The molecule has 28 heavy (non-hydrogen) atoms. The second-order valence-corrected chi connectivity index (χ2v) is 8.99. The molecule has 7 heteroatoms. The summed E-state index contributed by atoms with van der Waals surface area (Å²) in [7, 11) is 2.07. The molecule has 1 aliphatic carbocycles. The van der Waals surface area contributed by atoms with Gasteiger partial charge in [-0.2, -0.15) is 0 Å². The number of amides is 2. The van der Waals surface area contributed by atoms with Gasteiger partial charge in [0.2, 0.25) is 5.91 Å². The molecule has 1 saturated carbocycles. The highest BCUT2D eigenvalue weighted by Gasteiger charge is 2.44. The summed E-state index contributed by atoms with van der Waals surface area (Å²) in [6.07, 6.45) is 4.26. The van der Waals surface area contributed by atoms with Gasteiger partial charge in [-0.25, -0.2) is 0 Å². The first-order valence-electron chi connectivity index (χ1n) is 9.97. The quantitative estimate of drug-likeness (QED) is 0.794. The number of primary amides is 1. The van der Waals surface area contributed by atoms with Crippen molar-refractivity contribution in [3.63, 3.8) is 0 Å². The van der Waals surface area contributed by atoms with Crippen LogP contribution in [0, 0.1) is 0 Å². The Morgan fingerprint density at radius 1 is 1.25 bits per heavy atom. The summed E-state index contributed by atoms with van der Waals surface area (Å²) in [5.74, 6) is -0.242. The number of likely N-dealkylation sites (N-methyl/N-ethyl adjacent to an activating group) is 1. The molecule has 2 unspecified atom stereocenters. The highest BCUT2D eigenvalue weighted by Crippen LogP contribution is 2.42. The number of nitrogens with two attached hydrogens (primary N) is 1. The zero-order valence-corrected chi connectivity index (χ0v) is 17.3. The molecule has 6 nitrogen and oxygen atoms in total. The van der Waals surface area contributed by atoms with E-state index in [1.807, 2.05) is 30.0 Å². The molecule has 0 spiro atoms. The van der Waals surface area contributed by atoms with Crippen LogP contribution in [0.25, 0.3) is 0 Å². The molecule has 1 aromatic carbocycles. The number of piperidine rings is 1. The number of likely N-dealkylation sites (tertiary alicyclic amines) is 1. The first-order valence-corrected chi connectivity index (χ1v) is 10.9. The van der Waals surface area contributed by atoms with Crippen molar-refractivity contribution in [2.75, 3.05) is 13.6 Å². The van der Waals surface area contributed by atoms with Crippen LogP contribution >= 0.6 is 11.8 Å². The number of hydrogen-bond donors (Lipinski definition) is 1. The molecule has 2 N–H and O–H groups in total. The van der Waals surface area contributed by atoms with Crippen molar-refractivity contribution < 1.29 is 9.59 Å². The summed E-state index contributed by atoms with van der Waals surface area (Å²) in [5.41, 5.74) is 7.43. The van der Waals surface area contributed by atoms with Gasteiger partial charge in [0.25, 0.3) is 5.91 Å². The van der Waals surface area contributed by atoms with Crippen LogP contribution in [0.1, 0.15) is 38.2 Å². The number of rotatable bonds is 6. The Labute approximate surface area is 170 Å². The number of carbonyl (C=O) groups excluding carboxylic acids is 2. The molecular formula is C21H28N4O2S. The normalized spacial score (nSPS) is 25.8. The van der Waals surface area contributed by atoms with Gasteiger partial charge in [-0.1, -0.05) is 42.1 Å². The molecule has 0 radical (unpaired) electrons. The van der Waals surface area contributed by atoms with Gasteiger partial charge in [-0.3, -0.25) is 14.5 Å². The molecule has 2 atom stereocenters. The maximum absolute atomic E-state index is 13.4. The lowest BCUT2D eigenvalue weighted by atomic mass is 10.0. The minimum Gasteiger partial charge on any atom is -0.365 e. The maximum Gasteiger partial charge on any atom is 0.257 e. The molecule has 2 aliphatic heterocycles. The van der Waals surface area contributed by atoms with Crippen LogP contribution in [0.4, 0.5) is 0 Å². The van der Waals surface area contributed by atoms with E-state index in [9.17, 15) is 9.59 Å². The van der Waals surface area contributed by atoms with Crippen LogP contribution in [-0.2, 0) is 16.1 Å². The summed E-state index contributed by atoms with van der Waals surface area (Å²) in [6, 6.07) is 10.6. The number of thioether (sulfide) groups is 1. The minimum atomic E-state index is -0.417. The van der Waals surface area contributed by atoms with E-state index >= 15 is 0 Å². The highest BCUT2D eigenvalue weighted by molar-refractivity contribution is 8.04. The van der Waals surface area contributed by atoms with Gasteiger partial charge >= 0.3 is 0 Å². The van der Waals surface area contributed by atoms with Crippen LogP contribution in [0.3, 0.4) is 0 Å². The number of hydrogen-bond acceptors (Lipinski definition) is 5. The fraction of sp³-hybridized carbons (Fsp3) is 0.524. The number of benzene rings is 1. The summed E-state index contributed by atoms with van der Waals surface area (Å²) in [5, 5.41) is 0. The summed E-state index contributed by atoms with van der Waals surface area (Å²) in [4.78, 5) is 32.3. The zero-order valence-electron chi connectivity index (χ0n) is 16.5. The number of allylic oxidation sites excluding steroid dienone is 1. The second kappa shape index (κ2) is 7.79. The average molecular weight is 401 g/mol.